The second-order valence-corrected chi connectivity index (χ2v) is 9.34. The molecule has 0 unspecified atom stereocenters. The Morgan fingerprint density at radius 3 is 2.73 bits per heavy atom. The molecule has 0 aliphatic carbocycles. The standard InChI is InChI=1S/C18H25N3O4S/c1-18(2,3)25-17(22)20-16-9-6-10-21(12-16)26(23,24)13-15-8-5-4-7-14(15)11-19/h4-5,7-8,16H,6,9-10,12-13H2,1-3H3,(H,20,22)/t16-/m1/s1. The Labute approximate surface area is 155 Å². The Morgan fingerprint density at radius 2 is 2.08 bits per heavy atom. The molecular formula is C18H25N3O4S. The first-order chi connectivity index (χ1) is 12.1. The lowest BCUT2D eigenvalue weighted by molar-refractivity contribution is 0.0487. The maximum atomic E-state index is 12.8. The van der Waals surface area contributed by atoms with Crippen molar-refractivity contribution >= 4 is 16.1 Å². The van der Waals surface area contributed by atoms with E-state index in [1.165, 1.54) is 4.31 Å². The predicted molar refractivity (Wildman–Crippen MR) is 97.7 cm³/mol. The monoisotopic (exact) mass is 379 g/mol. The number of nitrogens with zero attached hydrogens (tertiary/aromatic N) is 2. The van der Waals surface area contributed by atoms with Gasteiger partial charge < -0.3 is 10.1 Å². The van der Waals surface area contributed by atoms with Crippen molar-refractivity contribution < 1.29 is 17.9 Å². The molecule has 0 spiro atoms. The highest BCUT2D eigenvalue weighted by Gasteiger charge is 2.31. The molecule has 1 aromatic rings. The number of amides is 1. The number of carbonyl (C=O) groups excluding carboxylic acids is 1. The largest absolute Gasteiger partial charge is 0.444 e. The molecule has 1 amide bonds. The average Bonchev–Trinajstić information content (AvgIpc) is 2.53. The minimum atomic E-state index is -3.58. The quantitative estimate of drug-likeness (QED) is 0.866. The van der Waals surface area contributed by atoms with E-state index in [4.69, 9.17) is 10.00 Å². The highest BCUT2D eigenvalue weighted by Crippen LogP contribution is 2.20. The van der Waals surface area contributed by atoms with Gasteiger partial charge in [-0.1, -0.05) is 18.2 Å². The summed E-state index contributed by atoms with van der Waals surface area (Å²) >= 11 is 0. The number of sulfonamides is 1. The average molecular weight is 379 g/mol. The molecule has 8 heteroatoms. The van der Waals surface area contributed by atoms with Gasteiger partial charge in [-0.3, -0.25) is 0 Å². The van der Waals surface area contributed by atoms with Crippen molar-refractivity contribution in [3.05, 3.63) is 35.4 Å². The number of nitrogens with one attached hydrogen (secondary N) is 1. The van der Waals surface area contributed by atoms with Crippen molar-refractivity contribution in [1.29, 1.82) is 5.26 Å². The molecule has 1 heterocycles. The van der Waals surface area contributed by atoms with Crippen LogP contribution in [0, 0.1) is 11.3 Å². The lowest BCUT2D eigenvalue weighted by Crippen LogP contribution is -2.50. The molecule has 1 aromatic carbocycles. The molecule has 0 bridgehead atoms. The summed E-state index contributed by atoms with van der Waals surface area (Å²) in [6.45, 7) is 5.93. The van der Waals surface area contributed by atoms with Crippen LogP contribution in [0.3, 0.4) is 0 Å². The van der Waals surface area contributed by atoms with Gasteiger partial charge in [0.1, 0.15) is 5.60 Å². The van der Waals surface area contributed by atoms with Crippen LogP contribution in [0.15, 0.2) is 24.3 Å². The topological polar surface area (TPSA) is 99.5 Å². The summed E-state index contributed by atoms with van der Waals surface area (Å²) in [4.78, 5) is 11.9. The van der Waals surface area contributed by atoms with Crippen LogP contribution in [0.4, 0.5) is 4.79 Å². The summed E-state index contributed by atoms with van der Waals surface area (Å²) in [5, 5.41) is 11.9. The number of nitriles is 1. The van der Waals surface area contributed by atoms with Crippen molar-refractivity contribution in [2.75, 3.05) is 13.1 Å². The maximum absolute atomic E-state index is 12.8. The molecule has 1 aliphatic heterocycles. The van der Waals surface area contributed by atoms with Crippen molar-refractivity contribution in [3.8, 4) is 6.07 Å². The van der Waals surface area contributed by atoms with Crippen molar-refractivity contribution in [2.24, 2.45) is 0 Å². The summed E-state index contributed by atoms with van der Waals surface area (Å²) in [5.74, 6) is -0.226. The zero-order valence-electron chi connectivity index (χ0n) is 15.4. The van der Waals surface area contributed by atoms with Crippen LogP contribution < -0.4 is 5.32 Å². The van der Waals surface area contributed by atoms with Crippen LogP contribution in [-0.4, -0.2) is 43.5 Å². The third-order valence-electron chi connectivity index (χ3n) is 3.97. The van der Waals surface area contributed by atoms with Crippen LogP contribution in [0.25, 0.3) is 0 Å². The normalized spacial score (nSPS) is 18.8. The highest BCUT2D eigenvalue weighted by molar-refractivity contribution is 7.88. The van der Waals surface area contributed by atoms with E-state index in [2.05, 4.69) is 5.32 Å². The molecule has 0 radical (unpaired) electrons. The first-order valence-electron chi connectivity index (χ1n) is 8.56. The number of carbonyl (C=O) groups is 1. The van der Waals surface area contributed by atoms with Gasteiger partial charge in [-0.05, 0) is 45.2 Å². The van der Waals surface area contributed by atoms with E-state index < -0.39 is 21.7 Å². The number of ether oxygens (including phenoxy) is 1. The van der Waals surface area contributed by atoms with Crippen molar-refractivity contribution in [1.82, 2.24) is 9.62 Å². The highest BCUT2D eigenvalue weighted by atomic mass is 32.2. The molecule has 1 saturated heterocycles. The first kappa shape index (κ1) is 20.2. The molecule has 1 aliphatic rings. The number of hydrogen-bond acceptors (Lipinski definition) is 5. The lowest BCUT2D eigenvalue weighted by atomic mass is 10.1. The number of hydrogen-bond donors (Lipinski definition) is 1. The van der Waals surface area contributed by atoms with E-state index in [1.807, 2.05) is 6.07 Å². The predicted octanol–water partition coefficient (Wildman–Crippen LogP) is 2.38. The fourth-order valence-corrected chi connectivity index (χ4v) is 4.47. The Hall–Kier alpha value is -2.11. The van der Waals surface area contributed by atoms with Crippen LogP contribution in [0.5, 0.6) is 0 Å². The van der Waals surface area contributed by atoms with Gasteiger partial charge in [-0.25, -0.2) is 13.2 Å². The molecular weight excluding hydrogens is 354 g/mol. The fourth-order valence-electron chi connectivity index (χ4n) is 2.83. The second kappa shape index (κ2) is 8.06. The van der Waals surface area contributed by atoms with E-state index in [0.29, 0.717) is 30.5 Å². The van der Waals surface area contributed by atoms with Crippen LogP contribution in [0.2, 0.25) is 0 Å². The molecule has 1 atom stereocenters. The van der Waals surface area contributed by atoms with Crippen LogP contribution in [0.1, 0.15) is 44.7 Å². The van der Waals surface area contributed by atoms with E-state index in [1.54, 1.807) is 45.0 Å². The first-order valence-corrected chi connectivity index (χ1v) is 10.2. The summed E-state index contributed by atoms with van der Waals surface area (Å²) in [7, 11) is -3.58. The van der Waals surface area contributed by atoms with Gasteiger partial charge >= 0.3 is 6.09 Å². The van der Waals surface area contributed by atoms with Gasteiger partial charge in [0.2, 0.25) is 10.0 Å². The molecule has 1 N–H and O–H groups in total. The number of alkyl carbamates (subject to hydrolysis) is 1. The van der Waals surface area contributed by atoms with Crippen molar-refractivity contribution in [3.63, 3.8) is 0 Å². The summed E-state index contributed by atoms with van der Waals surface area (Å²) in [6.07, 6.45) is 0.802. The summed E-state index contributed by atoms with van der Waals surface area (Å²) in [5.41, 5.74) is 0.236. The Kier molecular flexibility index (Phi) is 6.26. The fraction of sp³-hybridized carbons (Fsp3) is 0.556. The van der Waals surface area contributed by atoms with Crippen LogP contribution >= 0.6 is 0 Å². The zero-order chi connectivity index (χ0) is 19.4. The van der Waals surface area contributed by atoms with Gasteiger partial charge in [0, 0.05) is 19.1 Å². The Balaban J connectivity index is 2.03. The SMILES string of the molecule is CC(C)(C)OC(=O)N[C@@H]1CCCN(S(=O)(=O)Cc2ccccc2C#N)C1. The maximum Gasteiger partial charge on any atom is 0.407 e. The van der Waals surface area contributed by atoms with E-state index in [9.17, 15) is 13.2 Å². The summed E-state index contributed by atoms with van der Waals surface area (Å²) < 4.78 is 32.1. The van der Waals surface area contributed by atoms with E-state index >= 15 is 0 Å². The van der Waals surface area contributed by atoms with Gasteiger partial charge in [-0.15, -0.1) is 0 Å². The molecule has 7 nitrogen and oxygen atoms in total. The minimum absolute atomic E-state index is 0.205. The third-order valence-corrected chi connectivity index (χ3v) is 5.77. The molecule has 1 fully saturated rings. The van der Waals surface area contributed by atoms with E-state index in [-0.39, 0.29) is 18.3 Å². The van der Waals surface area contributed by atoms with E-state index in [0.717, 1.165) is 0 Å². The summed E-state index contributed by atoms with van der Waals surface area (Å²) in [6, 6.07) is 8.41. The molecule has 2 rings (SSSR count). The molecule has 0 aromatic heterocycles. The number of piperidine rings is 1. The Bertz CT molecular complexity index is 793. The van der Waals surface area contributed by atoms with Crippen molar-refractivity contribution in [2.45, 2.75) is 51.0 Å². The lowest BCUT2D eigenvalue weighted by Gasteiger charge is -2.33. The zero-order valence-corrected chi connectivity index (χ0v) is 16.2. The minimum Gasteiger partial charge on any atom is -0.444 e. The smallest absolute Gasteiger partial charge is 0.407 e. The number of benzene rings is 1. The van der Waals surface area contributed by atoms with Gasteiger partial charge in [0.15, 0.2) is 0 Å². The van der Waals surface area contributed by atoms with Gasteiger partial charge in [0.05, 0.1) is 17.4 Å². The van der Waals surface area contributed by atoms with Crippen LogP contribution in [-0.2, 0) is 20.5 Å². The second-order valence-electron chi connectivity index (χ2n) is 7.37. The Morgan fingerprint density at radius 1 is 1.38 bits per heavy atom. The van der Waals surface area contributed by atoms with Gasteiger partial charge in [0.25, 0.3) is 0 Å². The third kappa shape index (κ3) is 5.71. The molecule has 0 saturated carbocycles. The molecule has 26 heavy (non-hydrogen) atoms. The molecule has 142 valence electrons. The van der Waals surface area contributed by atoms with Gasteiger partial charge in [-0.2, -0.15) is 9.57 Å². The number of rotatable bonds is 4.